The van der Waals surface area contributed by atoms with Gasteiger partial charge in [0.15, 0.2) is 0 Å². The van der Waals surface area contributed by atoms with Gasteiger partial charge in [-0.2, -0.15) is 15.0 Å². The normalized spacial score (nSPS) is 10.2. The molecule has 32 heavy (non-hydrogen) atoms. The Labute approximate surface area is 181 Å². The van der Waals surface area contributed by atoms with Gasteiger partial charge in [-0.15, -0.1) is 0 Å². The minimum Gasteiger partial charge on any atom is -0.457 e. The Kier molecular flexibility index (Phi) is 5.72. The van der Waals surface area contributed by atoms with E-state index in [0.717, 1.165) is 4.68 Å². The largest absolute Gasteiger partial charge is 0.457 e. The quantitative estimate of drug-likeness (QED) is 0.514. The van der Waals surface area contributed by atoms with Gasteiger partial charge in [0.25, 0.3) is 11.5 Å². The van der Waals surface area contributed by atoms with E-state index >= 15 is 0 Å². The van der Waals surface area contributed by atoms with Crippen LogP contribution in [0.25, 0.3) is 5.69 Å². The Balaban J connectivity index is 1.48. The zero-order chi connectivity index (χ0) is 22.5. The van der Waals surface area contributed by atoms with Crippen molar-refractivity contribution in [2.24, 2.45) is 0 Å². The number of anilines is 1. The van der Waals surface area contributed by atoms with E-state index in [1.807, 2.05) is 6.07 Å². The highest BCUT2D eigenvalue weighted by Gasteiger charge is 2.11. The number of ether oxygens (including phenoxy) is 1. The lowest BCUT2D eigenvalue weighted by atomic mass is 10.2. The Hall–Kier alpha value is -4.77. The van der Waals surface area contributed by atoms with Crippen LogP contribution in [0.1, 0.15) is 16.1 Å². The summed E-state index contributed by atoms with van der Waals surface area (Å²) in [5.41, 5.74) is 0.890. The van der Waals surface area contributed by atoms with Crippen molar-refractivity contribution < 1.29 is 13.9 Å². The summed E-state index contributed by atoms with van der Waals surface area (Å²) in [6.45, 7) is 0. The third-order valence-electron chi connectivity index (χ3n) is 4.42. The molecule has 0 spiro atoms. The van der Waals surface area contributed by atoms with Crippen LogP contribution in [0.4, 0.5) is 10.1 Å². The first-order valence-electron chi connectivity index (χ1n) is 9.47. The van der Waals surface area contributed by atoms with Crippen LogP contribution in [-0.2, 0) is 0 Å². The lowest BCUT2D eigenvalue weighted by Crippen LogP contribution is -2.24. The fourth-order valence-electron chi connectivity index (χ4n) is 2.87. The number of amides is 1. The summed E-state index contributed by atoms with van der Waals surface area (Å²) in [5, 5.41) is 15.7. The Bertz CT molecular complexity index is 1370. The number of nitrogens with zero attached hydrogens (tertiary/aromatic N) is 3. The molecule has 1 N–H and O–H groups in total. The molecule has 8 heteroatoms. The van der Waals surface area contributed by atoms with Crippen LogP contribution in [-0.4, -0.2) is 15.7 Å². The van der Waals surface area contributed by atoms with Crippen molar-refractivity contribution in [2.45, 2.75) is 0 Å². The van der Waals surface area contributed by atoms with E-state index in [1.54, 1.807) is 48.5 Å². The number of hydrogen-bond donors (Lipinski definition) is 1. The van der Waals surface area contributed by atoms with Gasteiger partial charge in [0, 0.05) is 11.8 Å². The molecule has 4 aromatic rings. The maximum atomic E-state index is 13.1. The van der Waals surface area contributed by atoms with Gasteiger partial charge in [-0.3, -0.25) is 9.59 Å². The molecule has 1 heterocycles. The summed E-state index contributed by atoms with van der Waals surface area (Å²) in [6, 6.07) is 23.2. The highest BCUT2D eigenvalue weighted by atomic mass is 19.1. The van der Waals surface area contributed by atoms with E-state index in [9.17, 15) is 14.0 Å². The van der Waals surface area contributed by atoms with Gasteiger partial charge < -0.3 is 10.1 Å². The number of rotatable bonds is 5. The molecule has 0 bridgehead atoms. The number of carbonyl (C=O) groups is 1. The first kappa shape index (κ1) is 20.5. The average Bonchev–Trinajstić information content (AvgIpc) is 2.81. The highest BCUT2D eigenvalue weighted by molar-refractivity contribution is 6.02. The topological polar surface area (TPSA) is 97.0 Å². The molecular formula is C24H15FN4O3. The highest BCUT2D eigenvalue weighted by Crippen LogP contribution is 2.24. The molecule has 1 aromatic heterocycles. The van der Waals surface area contributed by atoms with Crippen molar-refractivity contribution in [1.82, 2.24) is 9.78 Å². The van der Waals surface area contributed by atoms with Gasteiger partial charge in [-0.1, -0.05) is 6.07 Å². The molecule has 156 valence electrons. The number of carbonyl (C=O) groups excluding carboxylic acids is 1. The maximum absolute atomic E-state index is 13.1. The minimum atomic E-state index is -0.517. The van der Waals surface area contributed by atoms with E-state index in [2.05, 4.69) is 10.4 Å². The molecule has 0 radical (unpaired) electrons. The van der Waals surface area contributed by atoms with Crippen LogP contribution in [0, 0.1) is 17.1 Å². The third kappa shape index (κ3) is 4.68. The van der Waals surface area contributed by atoms with Gasteiger partial charge in [0.2, 0.25) is 0 Å². The van der Waals surface area contributed by atoms with Crippen LogP contribution in [0.3, 0.4) is 0 Å². The molecular weight excluding hydrogens is 411 g/mol. The summed E-state index contributed by atoms with van der Waals surface area (Å²) >= 11 is 0. The third-order valence-corrected chi connectivity index (χ3v) is 4.42. The van der Waals surface area contributed by atoms with Crippen molar-refractivity contribution in [1.29, 1.82) is 5.26 Å². The molecule has 3 aromatic carbocycles. The monoisotopic (exact) mass is 426 g/mol. The molecule has 0 aliphatic carbocycles. The van der Waals surface area contributed by atoms with E-state index < -0.39 is 17.3 Å². The Morgan fingerprint density at radius 1 is 0.969 bits per heavy atom. The van der Waals surface area contributed by atoms with Crippen molar-refractivity contribution in [3.8, 4) is 23.3 Å². The van der Waals surface area contributed by atoms with E-state index in [-0.39, 0.29) is 5.69 Å². The second-order valence-corrected chi connectivity index (χ2v) is 6.67. The van der Waals surface area contributed by atoms with Crippen molar-refractivity contribution >= 4 is 11.6 Å². The summed E-state index contributed by atoms with van der Waals surface area (Å²) in [7, 11) is 0. The number of hydrogen-bond acceptors (Lipinski definition) is 5. The van der Waals surface area contributed by atoms with Crippen LogP contribution in [0.2, 0.25) is 0 Å². The number of nitriles is 1. The zero-order valence-corrected chi connectivity index (χ0v) is 16.5. The zero-order valence-electron chi connectivity index (χ0n) is 16.5. The second kappa shape index (κ2) is 8.93. The van der Waals surface area contributed by atoms with Crippen molar-refractivity contribution in [3.63, 3.8) is 0 Å². The SMILES string of the molecule is N#Cc1cccc(Oc2ccc(NC(=O)c3ccc(=O)n(-c4ccc(F)cc4)n3)cc2)c1. The molecule has 0 aliphatic heterocycles. The van der Waals surface area contributed by atoms with Crippen LogP contribution in [0.5, 0.6) is 11.5 Å². The molecule has 4 rings (SSSR count). The van der Waals surface area contributed by atoms with Crippen molar-refractivity contribution in [2.75, 3.05) is 5.32 Å². The molecule has 0 saturated heterocycles. The molecule has 0 aliphatic rings. The molecule has 7 nitrogen and oxygen atoms in total. The summed E-state index contributed by atoms with van der Waals surface area (Å²) in [6.07, 6.45) is 0. The summed E-state index contributed by atoms with van der Waals surface area (Å²) < 4.78 is 19.9. The molecule has 0 fully saturated rings. The van der Waals surface area contributed by atoms with Crippen LogP contribution >= 0.6 is 0 Å². The van der Waals surface area contributed by atoms with Gasteiger partial charge in [0.05, 0.1) is 17.3 Å². The van der Waals surface area contributed by atoms with Crippen LogP contribution < -0.4 is 15.6 Å². The summed E-state index contributed by atoms with van der Waals surface area (Å²) in [4.78, 5) is 24.7. The van der Waals surface area contributed by atoms with Crippen LogP contribution in [0.15, 0.2) is 89.7 Å². The smallest absolute Gasteiger partial charge is 0.276 e. The molecule has 0 saturated carbocycles. The van der Waals surface area contributed by atoms with Gasteiger partial charge >= 0.3 is 0 Å². The predicted octanol–water partition coefficient (Wildman–Crippen LogP) is 4.29. The number of nitrogens with one attached hydrogen (secondary N) is 1. The molecule has 1 amide bonds. The predicted molar refractivity (Wildman–Crippen MR) is 115 cm³/mol. The number of halogens is 1. The minimum absolute atomic E-state index is 0.0163. The van der Waals surface area contributed by atoms with E-state index in [0.29, 0.717) is 28.4 Å². The lowest BCUT2D eigenvalue weighted by molar-refractivity contribution is 0.102. The number of aromatic nitrogens is 2. The fourth-order valence-corrected chi connectivity index (χ4v) is 2.87. The Morgan fingerprint density at radius 3 is 2.44 bits per heavy atom. The van der Waals surface area contributed by atoms with Crippen molar-refractivity contribution in [3.05, 3.63) is 112 Å². The first-order valence-corrected chi connectivity index (χ1v) is 9.47. The summed E-state index contributed by atoms with van der Waals surface area (Å²) in [5.74, 6) is 0.0892. The van der Waals surface area contributed by atoms with E-state index in [4.69, 9.17) is 10.00 Å². The second-order valence-electron chi connectivity index (χ2n) is 6.67. The Morgan fingerprint density at radius 2 is 1.72 bits per heavy atom. The van der Waals surface area contributed by atoms with Gasteiger partial charge in [-0.05, 0) is 72.8 Å². The fraction of sp³-hybridized carbons (Fsp3) is 0. The first-order chi connectivity index (χ1) is 15.5. The number of benzene rings is 3. The lowest BCUT2D eigenvalue weighted by Gasteiger charge is -2.09. The van der Waals surface area contributed by atoms with Gasteiger partial charge in [0.1, 0.15) is 23.0 Å². The van der Waals surface area contributed by atoms with E-state index in [1.165, 1.54) is 36.4 Å². The van der Waals surface area contributed by atoms with Gasteiger partial charge in [-0.25, -0.2) is 4.39 Å². The average molecular weight is 426 g/mol. The maximum Gasteiger partial charge on any atom is 0.276 e. The molecule has 0 unspecified atom stereocenters. The standard InChI is InChI=1S/C24H15FN4O3/c25-17-4-8-19(9-5-17)29-23(30)13-12-22(28-29)24(31)27-18-6-10-20(11-7-18)32-21-3-1-2-16(14-21)15-26/h1-14H,(H,27,31). The molecule has 0 atom stereocenters.